The molecule has 3 heterocycles. The van der Waals surface area contributed by atoms with Crippen molar-refractivity contribution in [3.05, 3.63) is 18.0 Å². The summed E-state index contributed by atoms with van der Waals surface area (Å²) in [5.74, 6) is 0. The molecule has 0 aromatic carbocycles. The van der Waals surface area contributed by atoms with Crippen LogP contribution in [0.15, 0.2) is 12.3 Å². The van der Waals surface area contributed by atoms with Crippen molar-refractivity contribution in [1.82, 2.24) is 24.9 Å². The Bertz CT molecular complexity index is 510. The molecule has 7 nitrogen and oxygen atoms in total. The first-order valence-electron chi connectivity index (χ1n) is 7.94. The molecule has 1 saturated heterocycles. The van der Waals surface area contributed by atoms with Crippen LogP contribution < -0.4 is 5.32 Å². The van der Waals surface area contributed by atoms with Crippen LogP contribution >= 0.6 is 0 Å². The van der Waals surface area contributed by atoms with Crippen molar-refractivity contribution in [2.45, 2.75) is 31.5 Å². The molecule has 2 aliphatic rings. The standard InChI is InChI=1S/C15H25N5O2/c1-18(2)15(21)16-9-14-11-19(12-4-7-22-8-5-12)10-13-3-6-17-20(13)14/h3,6,12,14H,4-5,7-11H2,1-2H3,(H,16,21). The molecule has 1 unspecified atom stereocenters. The van der Waals surface area contributed by atoms with Gasteiger partial charge < -0.3 is 15.0 Å². The molecule has 122 valence electrons. The highest BCUT2D eigenvalue weighted by Gasteiger charge is 2.31. The minimum Gasteiger partial charge on any atom is -0.381 e. The first kappa shape index (κ1) is 15.3. The molecule has 0 aliphatic carbocycles. The number of ether oxygens (including phenoxy) is 1. The SMILES string of the molecule is CN(C)C(=O)NCC1CN(C2CCOCC2)Cc2ccnn21. The molecule has 7 heteroatoms. The normalized spacial score (nSPS) is 23.1. The molecule has 1 fully saturated rings. The maximum atomic E-state index is 11.8. The highest BCUT2D eigenvalue weighted by atomic mass is 16.5. The predicted molar refractivity (Wildman–Crippen MR) is 82.6 cm³/mol. The largest absolute Gasteiger partial charge is 0.381 e. The predicted octanol–water partition coefficient (Wildman–Crippen LogP) is 0.690. The van der Waals surface area contributed by atoms with Gasteiger partial charge in [-0.15, -0.1) is 0 Å². The van der Waals surface area contributed by atoms with Gasteiger partial charge in [0.2, 0.25) is 0 Å². The molecule has 0 saturated carbocycles. The van der Waals surface area contributed by atoms with Gasteiger partial charge in [0.1, 0.15) is 0 Å². The van der Waals surface area contributed by atoms with E-state index < -0.39 is 0 Å². The van der Waals surface area contributed by atoms with Crippen LogP contribution in [0, 0.1) is 0 Å². The van der Waals surface area contributed by atoms with Gasteiger partial charge in [0.25, 0.3) is 0 Å². The Morgan fingerprint density at radius 3 is 2.95 bits per heavy atom. The topological polar surface area (TPSA) is 62.6 Å². The fourth-order valence-electron chi connectivity index (χ4n) is 3.26. The second-order valence-electron chi connectivity index (χ2n) is 6.27. The van der Waals surface area contributed by atoms with Crippen LogP contribution in [0.3, 0.4) is 0 Å². The fourth-order valence-corrected chi connectivity index (χ4v) is 3.26. The van der Waals surface area contributed by atoms with E-state index in [1.807, 2.05) is 6.20 Å². The van der Waals surface area contributed by atoms with Crippen LogP contribution in [0.1, 0.15) is 24.6 Å². The Kier molecular flexibility index (Phi) is 4.63. The molecule has 1 aromatic rings. The lowest BCUT2D eigenvalue weighted by Crippen LogP contribution is -2.49. The molecule has 0 bridgehead atoms. The van der Waals surface area contributed by atoms with E-state index in [9.17, 15) is 4.79 Å². The molecule has 1 N–H and O–H groups in total. The number of nitrogens with one attached hydrogen (secondary N) is 1. The van der Waals surface area contributed by atoms with Crippen molar-refractivity contribution in [2.75, 3.05) is 40.4 Å². The second-order valence-corrected chi connectivity index (χ2v) is 6.27. The molecule has 0 spiro atoms. The fraction of sp³-hybridized carbons (Fsp3) is 0.733. The summed E-state index contributed by atoms with van der Waals surface area (Å²) in [7, 11) is 3.51. The van der Waals surface area contributed by atoms with E-state index in [4.69, 9.17) is 4.74 Å². The molecular formula is C15H25N5O2. The lowest BCUT2D eigenvalue weighted by Gasteiger charge is -2.40. The first-order chi connectivity index (χ1) is 10.6. The summed E-state index contributed by atoms with van der Waals surface area (Å²) in [4.78, 5) is 15.9. The van der Waals surface area contributed by atoms with E-state index in [2.05, 4.69) is 26.1 Å². The van der Waals surface area contributed by atoms with Crippen molar-refractivity contribution in [3.63, 3.8) is 0 Å². The Hall–Kier alpha value is -1.60. The number of carbonyl (C=O) groups excluding carboxylic acids is 1. The maximum Gasteiger partial charge on any atom is 0.316 e. The molecule has 1 atom stereocenters. The number of urea groups is 1. The van der Waals surface area contributed by atoms with Crippen molar-refractivity contribution >= 4 is 6.03 Å². The zero-order chi connectivity index (χ0) is 15.5. The lowest BCUT2D eigenvalue weighted by atomic mass is 10.0. The zero-order valence-electron chi connectivity index (χ0n) is 13.4. The summed E-state index contributed by atoms with van der Waals surface area (Å²) in [6, 6.07) is 2.78. The number of hydrogen-bond donors (Lipinski definition) is 1. The van der Waals surface area contributed by atoms with Gasteiger partial charge >= 0.3 is 6.03 Å². The molecule has 0 radical (unpaired) electrons. The molecule has 22 heavy (non-hydrogen) atoms. The average Bonchev–Trinajstić information content (AvgIpc) is 3.01. The summed E-state index contributed by atoms with van der Waals surface area (Å²) in [6.07, 6.45) is 4.03. The van der Waals surface area contributed by atoms with E-state index in [0.717, 1.165) is 39.1 Å². The summed E-state index contributed by atoms with van der Waals surface area (Å²) < 4.78 is 7.53. The van der Waals surface area contributed by atoms with Crippen LogP contribution in [0.4, 0.5) is 4.79 Å². The lowest BCUT2D eigenvalue weighted by molar-refractivity contribution is 0.0167. The van der Waals surface area contributed by atoms with Crippen LogP contribution in [0.25, 0.3) is 0 Å². The minimum atomic E-state index is -0.0584. The van der Waals surface area contributed by atoms with Gasteiger partial charge in [0, 0.05) is 59.2 Å². The monoisotopic (exact) mass is 307 g/mol. The Morgan fingerprint density at radius 1 is 1.45 bits per heavy atom. The summed E-state index contributed by atoms with van der Waals surface area (Å²) in [5.41, 5.74) is 1.22. The third kappa shape index (κ3) is 3.25. The van der Waals surface area contributed by atoms with Gasteiger partial charge in [0.05, 0.1) is 11.7 Å². The number of fused-ring (bicyclic) bond motifs is 1. The van der Waals surface area contributed by atoms with E-state index in [0.29, 0.717) is 12.6 Å². The van der Waals surface area contributed by atoms with E-state index in [1.54, 1.807) is 19.0 Å². The van der Waals surface area contributed by atoms with Crippen molar-refractivity contribution in [3.8, 4) is 0 Å². The maximum absolute atomic E-state index is 11.8. The van der Waals surface area contributed by atoms with Crippen LogP contribution in [-0.4, -0.2) is 72.1 Å². The smallest absolute Gasteiger partial charge is 0.316 e. The molecule has 2 amide bonds. The number of aromatic nitrogens is 2. The number of hydrogen-bond acceptors (Lipinski definition) is 4. The van der Waals surface area contributed by atoms with E-state index in [-0.39, 0.29) is 12.1 Å². The van der Waals surface area contributed by atoms with Crippen LogP contribution in [0.5, 0.6) is 0 Å². The molecule has 2 aliphatic heterocycles. The Morgan fingerprint density at radius 2 is 2.23 bits per heavy atom. The number of rotatable bonds is 3. The van der Waals surface area contributed by atoms with Gasteiger partial charge in [-0.2, -0.15) is 5.10 Å². The number of amides is 2. The van der Waals surface area contributed by atoms with Gasteiger partial charge in [-0.05, 0) is 18.9 Å². The molecule has 3 rings (SSSR count). The average molecular weight is 307 g/mol. The van der Waals surface area contributed by atoms with E-state index in [1.165, 1.54) is 5.69 Å². The zero-order valence-corrected chi connectivity index (χ0v) is 13.4. The third-order valence-corrected chi connectivity index (χ3v) is 4.51. The third-order valence-electron chi connectivity index (χ3n) is 4.51. The highest BCUT2D eigenvalue weighted by molar-refractivity contribution is 5.73. The Balaban J connectivity index is 1.67. The summed E-state index contributed by atoms with van der Waals surface area (Å²) in [5, 5.41) is 7.42. The second kappa shape index (κ2) is 6.66. The van der Waals surface area contributed by atoms with Gasteiger partial charge in [0.15, 0.2) is 0 Å². The van der Waals surface area contributed by atoms with Crippen LogP contribution in [-0.2, 0) is 11.3 Å². The van der Waals surface area contributed by atoms with Gasteiger partial charge in [-0.1, -0.05) is 0 Å². The summed E-state index contributed by atoms with van der Waals surface area (Å²) in [6.45, 7) is 4.16. The number of carbonyl (C=O) groups is 1. The van der Waals surface area contributed by atoms with Crippen molar-refractivity contribution < 1.29 is 9.53 Å². The van der Waals surface area contributed by atoms with E-state index >= 15 is 0 Å². The Labute approximate surface area is 131 Å². The molecule has 1 aromatic heterocycles. The van der Waals surface area contributed by atoms with Crippen LogP contribution in [0.2, 0.25) is 0 Å². The highest BCUT2D eigenvalue weighted by Crippen LogP contribution is 2.25. The van der Waals surface area contributed by atoms with Crippen molar-refractivity contribution in [1.29, 1.82) is 0 Å². The first-order valence-corrected chi connectivity index (χ1v) is 7.94. The number of nitrogens with zero attached hydrogens (tertiary/aromatic N) is 4. The molecular weight excluding hydrogens is 282 g/mol. The van der Waals surface area contributed by atoms with Gasteiger partial charge in [-0.3, -0.25) is 9.58 Å². The quantitative estimate of drug-likeness (QED) is 0.892. The van der Waals surface area contributed by atoms with Crippen molar-refractivity contribution in [2.24, 2.45) is 0 Å². The van der Waals surface area contributed by atoms with Gasteiger partial charge in [-0.25, -0.2) is 4.79 Å². The summed E-state index contributed by atoms with van der Waals surface area (Å²) >= 11 is 0. The minimum absolute atomic E-state index is 0.0584.